The number of benzene rings is 2. The van der Waals surface area contributed by atoms with Crippen LogP contribution in [0.25, 0.3) is 0 Å². The van der Waals surface area contributed by atoms with E-state index in [2.05, 4.69) is 44.2 Å². The van der Waals surface area contributed by atoms with Crippen molar-refractivity contribution in [3.63, 3.8) is 0 Å². The number of carbonyl (C=O) groups excluding carboxylic acids is 2. The summed E-state index contributed by atoms with van der Waals surface area (Å²) in [5, 5.41) is 0. The monoisotopic (exact) mass is 332 g/mol. The molecule has 4 aliphatic rings. The number of rotatable bonds is 2. The average molecular weight is 332 g/mol. The van der Waals surface area contributed by atoms with Gasteiger partial charge in [0.2, 0.25) is 0 Å². The summed E-state index contributed by atoms with van der Waals surface area (Å²) in [6, 6.07) is 14.9. The lowest BCUT2D eigenvalue weighted by atomic mass is 9.54. The lowest BCUT2D eigenvalue weighted by Gasteiger charge is -2.45. The maximum Gasteiger partial charge on any atom is 0.318 e. The fourth-order valence-electron chi connectivity index (χ4n) is 5.09. The zero-order valence-electron chi connectivity index (χ0n) is 14.4. The first kappa shape index (κ1) is 14.9. The topological polar surface area (TPSA) is 43.4 Å². The summed E-state index contributed by atoms with van der Waals surface area (Å²) in [5.41, 5.74) is 6.09. The van der Waals surface area contributed by atoms with Gasteiger partial charge in [-0.05, 0) is 40.2 Å². The molecule has 3 heteroatoms. The summed E-state index contributed by atoms with van der Waals surface area (Å²) in [5.74, 6) is -1.08. The van der Waals surface area contributed by atoms with Gasteiger partial charge in [-0.3, -0.25) is 9.59 Å². The van der Waals surface area contributed by atoms with Crippen LogP contribution >= 0.6 is 0 Å². The molecule has 3 nitrogen and oxygen atoms in total. The molecule has 2 aromatic rings. The van der Waals surface area contributed by atoms with Gasteiger partial charge in [-0.25, -0.2) is 0 Å². The van der Waals surface area contributed by atoms with E-state index in [-0.39, 0.29) is 35.6 Å². The van der Waals surface area contributed by atoms with Crippen LogP contribution < -0.4 is 0 Å². The maximum atomic E-state index is 12.5. The van der Waals surface area contributed by atoms with Gasteiger partial charge in [-0.2, -0.15) is 0 Å². The van der Waals surface area contributed by atoms with Gasteiger partial charge in [0.25, 0.3) is 0 Å². The molecule has 0 aromatic heterocycles. The summed E-state index contributed by atoms with van der Waals surface area (Å²) < 4.78 is 5.07. The van der Waals surface area contributed by atoms with Gasteiger partial charge in [0, 0.05) is 11.8 Å². The Morgan fingerprint density at radius 3 is 2.04 bits per heavy atom. The predicted molar refractivity (Wildman–Crippen MR) is 93.4 cm³/mol. The van der Waals surface area contributed by atoms with Crippen LogP contribution in [-0.2, 0) is 14.3 Å². The van der Waals surface area contributed by atoms with Gasteiger partial charge in [0.05, 0.1) is 11.8 Å². The van der Waals surface area contributed by atoms with E-state index < -0.39 is 0 Å². The van der Waals surface area contributed by atoms with Crippen molar-refractivity contribution in [2.75, 3.05) is 0 Å². The van der Waals surface area contributed by atoms with Crippen molar-refractivity contribution in [1.82, 2.24) is 0 Å². The predicted octanol–water partition coefficient (Wildman–Crippen LogP) is 4.11. The highest BCUT2D eigenvalue weighted by Gasteiger charge is 2.60. The zero-order valence-corrected chi connectivity index (χ0v) is 14.4. The van der Waals surface area contributed by atoms with Crippen molar-refractivity contribution in [3.05, 3.63) is 70.3 Å². The Balaban J connectivity index is 1.77. The molecular weight excluding hydrogens is 312 g/mol. The summed E-state index contributed by atoms with van der Waals surface area (Å²) in [4.78, 5) is 24.9. The van der Waals surface area contributed by atoms with Crippen LogP contribution in [0.4, 0.5) is 0 Å². The summed E-state index contributed by atoms with van der Waals surface area (Å²) in [6.45, 7) is 4.42. The van der Waals surface area contributed by atoms with Crippen molar-refractivity contribution in [1.29, 1.82) is 0 Å². The lowest BCUT2D eigenvalue weighted by molar-refractivity contribution is -0.153. The largest absolute Gasteiger partial charge is 0.393 e. The van der Waals surface area contributed by atoms with Crippen molar-refractivity contribution < 1.29 is 14.3 Å². The molecule has 5 unspecified atom stereocenters. The molecule has 0 saturated carbocycles. The fraction of sp³-hybridized carbons (Fsp3) is 0.364. The molecule has 0 N–H and O–H groups in total. The highest BCUT2D eigenvalue weighted by molar-refractivity contribution is 6.00. The molecule has 0 spiro atoms. The quantitative estimate of drug-likeness (QED) is 0.614. The van der Waals surface area contributed by atoms with Gasteiger partial charge in [-0.15, -0.1) is 0 Å². The molecule has 1 aliphatic heterocycles. The number of esters is 2. The Morgan fingerprint density at radius 2 is 1.44 bits per heavy atom. The van der Waals surface area contributed by atoms with Gasteiger partial charge < -0.3 is 4.74 Å². The Bertz CT molecular complexity index is 913. The van der Waals surface area contributed by atoms with Crippen LogP contribution in [0.5, 0.6) is 0 Å². The Morgan fingerprint density at radius 1 is 0.880 bits per heavy atom. The second-order valence-corrected chi connectivity index (χ2v) is 7.57. The first-order valence-electron chi connectivity index (χ1n) is 9.10. The van der Waals surface area contributed by atoms with Crippen LogP contribution in [0.1, 0.15) is 65.8 Å². The highest BCUT2D eigenvalue weighted by Crippen LogP contribution is 2.60. The standard InChI is InChI=1S/C22H20O3/c1-3-11(2)12-8-9-15-16(10-12)18-14-7-5-4-6-13(14)17(15)19-20(18)22(24)25-21(19)23/h4-11,17-20H,3H2,1-2H3. The van der Waals surface area contributed by atoms with E-state index in [1.165, 1.54) is 27.8 Å². The van der Waals surface area contributed by atoms with E-state index in [1.54, 1.807) is 0 Å². The number of carbonyl (C=O) groups is 2. The molecule has 1 saturated heterocycles. The molecule has 126 valence electrons. The van der Waals surface area contributed by atoms with Crippen LogP contribution in [-0.4, -0.2) is 11.9 Å². The van der Waals surface area contributed by atoms with Gasteiger partial charge >= 0.3 is 11.9 Å². The number of ether oxygens (including phenoxy) is 1. The molecule has 2 bridgehead atoms. The summed E-state index contributed by atoms with van der Waals surface area (Å²) in [7, 11) is 0. The Kier molecular flexibility index (Phi) is 3.00. The first-order chi connectivity index (χ1) is 12.1. The smallest absolute Gasteiger partial charge is 0.318 e. The zero-order chi connectivity index (χ0) is 17.3. The van der Waals surface area contributed by atoms with Gasteiger partial charge in [0.15, 0.2) is 0 Å². The summed E-state index contributed by atoms with van der Waals surface area (Å²) >= 11 is 0. The number of hydrogen-bond acceptors (Lipinski definition) is 3. The van der Waals surface area contributed by atoms with Crippen LogP contribution in [0.2, 0.25) is 0 Å². The van der Waals surface area contributed by atoms with Crippen molar-refractivity contribution in [3.8, 4) is 0 Å². The second kappa shape index (κ2) is 5.04. The molecule has 6 rings (SSSR count). The van der Waals surface area contributed by atoms with E-state index in [0.717, 1.165) is 6.42 Å². The molecule has 5 atom stereocenters. The molecule has 3 aliphatic carbocycles. The van der Waals surface area contributed by atoms with Gasteiger partial charge in [-0.1, -0.05) is 56.3 Å². The van der Waals surface area contributed by atoms with Crippen molar-refractivity contribution >= 4 is 11.9 Å². The number of hydrogen-bond donors (Lipinski definition) is 0. The lowest BCUT2D eigenvalue weighted by Crippen LogP contribution is -2.41. The summed E-state index contributed by atoms with van der Waals surface area (Å²) in [6.07, 6.45) is 1.08. The first-order valence-corrected chi connectivity index (χ1v) is 9.10. The Hall–Kier alpha value is -2.42. The van der Waals surface area contributed by atoms with E-state index in [1.807, 2.05) is 12.1 Å². The van der Waals surface area contributed by atoms with Crippen LogP contribution in [0.3, 0.4) is 0 Å². The minimum absolute atomic E-state index is 0.0638. The van der Waals surface area contributed by atoms with Crippen LogP contribution in [0, 0.1) is 11.8 Å². The van der Waals surface area contributed by atoms with E-state index in [0.29, 0.717) is 5.92 Å². The maximum absolute atomic E-state index is 12.5. The molecule has 2 aromatic carbocycles. The van der Waals surface area contributed by atoms with Gasteiger partial charge in [0.1, 0.15) is 0 Å². The van der Waals surface area contributed by atoms with Crippen molar-refractivity contribution in [2.45, 2.75) is 38.0 Å². The SMILES string of the molecule is CCC(C)c1ccc2c(c1)C1c3ccccc3C2C2C(=O)OC(=O)C12. The second-order valence-electron chi connectivity index (χ2n) is 7.57. The number of cyclic esters (lactones) is 2. The average Bonchev–Trinajstić information content (AvgIpc) is 2.95. The molecule has 0 radical (unpaired) electrons. The molecule has 25 heavy (non-hydrogen) atoms. The highest BCUT2D eigenvalue weighted by atomic mass is 16.6. The molecule has 1 heterocycles. The minimum Gasteiger partial charge on any atom is -0.393 e. The molecule has 0 amide bonds. The molecular formula is C22H20O3. The van der Waals surface area contributed by atoms with E-state index in [9.17, 15) is 9.59 Å². The van der Waals surface area contributed by atoms with Crippen LogP contribution in [0.15, 0.2) is 42.5 Å². The third-order valence-corrected chi connectivity index (χ3v) is 6.48. The van der Waals surface area contributed by atoms with E-state index >= 15 is 0 Å². The van der Waals surface area contributed by atoms with E-state index in [4.69, 9.17) is 4.74 Å². The normalized spacial score (nSPS) is 29.7. The van der Waals surface area contributed by atoms with Crippen molar-refractivity contribution in [2.24, 2.45) is 11.8 Å². The third kappa shape index (κ3) is 1.81. The minimum atomic E-state index is -0.368. The Labute approximate surface area is 147 Å². The molecule has 1 fully saturated rings. The fourth-order valence-corrected chi connectivity index (χ4v) is 5.09. The third-order valence-electron chi connectivity index (χ3n) is 6.48.